The predicted octanol–water partition coefficient (Wildman–Crippen LogP) is 5.18. The van der Waals surface area contributed by atoms with E-state index < -0.39 is 10.9 Å². The topological polar surface area (TPSA) is 126 Å². The molecule has 1 amide bonds. The molecule has 0 unspecified atom stereocenters. The van der Waals surface area contributed by atoms with Crippen LogP contribution in [0.3, 0.4) is 0 Å². The normalized spacial score (nSPS) is 16.0. The van der Waals surface area contributed by atoms with Gasteiger partial charge >= 0.3 is 5.97 Å². The molecular weight excluding hydrogens is 446 g/mol. The van der Waals surface area contributed by atoms with Crippen molar-refractivity contribution in [2.24, 2.45) is 4.99 Å². The van der Waals surface area contributed by atoms with Crippen LogP contribution < -0.4 is 0 Å². The highest BCUT2D eigenvalue weighted by molar-refractivity contribution is 8.18. The van der Waals surface area contributed by atoms with Crippen molar-refractivity contribution in [1.29, 1.82) is 0 Å². The van der Waals surface area contributed by atoms with Crippen molar-refractivity contribution in [3.05, 3.63) is 87.0 Å². The van der Waals surface area contributed by atoms with Gasteiger partial charge in [-0.25, -0.2) is 9.79 Å². The lowest BCUT2D eigenvalue weighted by Gasteiger charge is -2.12. The van der Waals surface area contributed by atoms with Gasteiger partial charge in [0.1, 0.15) is 11.5 Å². The van der Waals surface area contributed by atoms with Crippen LogP contribution in [0.4, 0.5) is 11.4 Å². The third-order valence-electron chi connectivity index (χ3n) is 4.79. The summed E-state index contributed by atoms with van der Waals surface area (Å²) in [6.07, 6.45) is 1.56. The molecule has 3 aromatic rings. The molecule has 0 radical (unpaired) electrons. The number of carbonyl (C=O) groups excluding carboxylic acids is 1. The zero-order valence-corrected chi connectivity index (χ0v) is 18.1. The number of para-hydroxylation sites is 1. The van der Waals surface area contributed by atoms with Crippen molar-refractivity contribution >= 4 is 46.3 Å². The number of carbonyl (C=O) groups is 2. The van der Waals surface area contributed by atoms with Crippen LogP contribution >= 0.6 is 11.8 Å². The van der Waals surface area contributed by atoms with Crippen molar-refractivity contribution < 1.29 is 24.0 Å². The highest BCUT2D eigenvalue weighted by Gasteiger charge is 2.32. The number of furan rings is 1. The fraction of sp³-hybridized carbons (Fsp3) is 0.0870. The SMILES string of the molecule is CCN1C(=O)C(=Cc2ccc(-c3ccccc3[N+](=O)[O-])o2)SC1=Nc1cccc(C(=O)O)c1. The van der Waals surface area contributed by atoms with Gasteiger partial charge in [-0.05, 0) is 55.1 Å². The van der Waals surface area contributed by atoms with Gasteiger partial charge in [0, 0.05) is 18.7 Å². The number of rotatable bonds is 6. The number of benzene rings is 2. The maximum atomic E-state index is 12.9. The number of aromatic carboxylic acids is 1. The Hall–Kier alpha value is -4.18. The number of nitro groups is 1. The van der Waals surface area contributed by atoms with Gasteiger partial charge in [0.2, 0.25) is 0 Å². The van der Waals surface area contributed by atoms with E-state index in [4.69, 9.17) is 4.42 Å². The van der Waals surface area contributed by atoms with Gasteiger partial charge in [-0.3, -0.25) is 19.8 Å². The van der Waals surface area contributed by atoms with Crippen LogP contribution in [-0.2, 0) is 4.79 Å². The minimum Gasteiger partial charge on any atom is -0.478 e. The third-order valence-corrected chi connectivity index (χ3v) is 5.80. The molecule has 1 fully saturated rings. The molecule has 1 N–H and O–H groups in total. The van der Waals surface area contributed by atoms with Gasteiger partial charge in [-0.15, -0.1) is 0 Å². The summed E-state index contributed by atoms with van der Waals surface area (Å²) >= 11 is 1.14. The van der Waals surface area contributed by atoms with E-state index in [9.17, 15) is 24.8 Å². The second kappa shape index (κ2) is 9.13. The molecule has 2 heterocycles. The Morgan fingerprint density at radius 3 is 2.73 bits per heavy atom. The van der Waals surface area contributed by atoms with Crippen LogP contribution in [0.5, 0.6) is 0 Å². The number of likely N-dealkylation sites (N-methyl/N-ethyl adjacent to an activating group) is 1. The van der Waals surface area contributed by atoms with E-state index in [-0.39, 0.29) is 17.2 Å². The molecule has 10 heteroatoms. The Morgan fingerprint density at radius 2 is 2.00 bits per heavy atom. The average Bonchev–Trinajstić information content (AvgIpc) is 3.38. The van der Waals surface area contributed by atoms with E-state index in [0.29, 0.717) is 39.4 Å². The molecule has 166 valence electrons. The molecule has 4 rings (SSSR count). The summed E-state index contributed by atoms with van der Waals surface area (Å²) in [4.78, 5) is 41.2. The first kappa shape index (κ1) is 22.0. The van der Waals surface area contributed by atoms with Crippen molar-refractivity contribution in [3.63, 3.8) is 0 Å². The van der Waals surface area contributed by atoms with Crippen molar-refractivity contribution in [2.75, 3.05) is 6.54 Å². The van der Waals surface area contributed by atoms with Gasteiger partial charge in [-0.1, -0.05) is 18.2 Å². The smallest absolute Gasteiger partial charge is 0.335 e. The summed E-state index contributed by atoms with van der Waals surface area (Å²) in [6.45, 7) is 2.18. The number of hydrogen-bond acceptors (Lipinski definition) is 7. The number of nitrogens with zero attached hydrogens (tertiary/aromatic N) is 3. The zero-order valence-electron chi connectivity index (χ0n) is 17.3. The number of thioether (sulfide) groups is 1. The Balaban J connectivity index is 1.64. The first-order valence-electron chi connectivity index (χ1n) is 9.84. The fourth-order valence-corrected chi connectivity index (χ4v) is 4.28. The molecule has 0 saturated carbocycles. The van der Waals surface area contributed by atoms with E-state index in [1.54, 1.807) is 48.5 Å². The van der Waals surface area contributed by atoms with Crippen LogP contribution in [0.15, 0.2) is 75.0 Å². The Kier molecular flexibility index (Phi) is 6.09. The Bertz CT molecular complexity index is 1330. The molecule has 1 aromatic heterocycles. The van der Waals surface area contributed by atoms with Crippen molar-refractivity contribution in [1.82, 2.24) is 4.90 Å². The molecule has 33 heavy (non-hydrogen) atoms. The van der Waals surface area contributed by atoms with Gasteiger partial charge in [-0.2, -0.15) is 0 Å². The van der Waals surface area contributed by atoms with Crippen LogP contribution in [0.1, 0.15) is 23.0 Å². The highest BCUT2D eigenvalue weighted by atomic mass is 32.2. The quantitative estimate of drug-likeness (QED) is 0.303. The molecule has 0 bridgehead atoms. The molecule has 1 aliphatic rings. The first-order chi connectivity index (χ1) is 15.9. The summed E-state index contributed by atoms with van der Waals surface area (Å²) in [5.41, 5.74) is 0.783. The molecular formula is C23H17N3O6S. The van der Waals surface area contributed by atoms with Gasteiger partial charge in [0.25, 0.3) is 11.6 Å². The van der Waals surface area contributed by atoms with Gasteiger partial charge in [0.05, 0.1) is 26.6 Å². The van der Waals surface area contributed by atoms with Crippen LogP contribution in [0, 0.1) is 10.1 Å². The van der Waals surface area contributed by atoms with Crippen molar-refractivity contribution in [3.8, 4) is 11.3 Å². The van der Waals surface area contributed by atoms with E-state index in [2.05, 4.69) is 4.99 Å². The highest BCUT2D eigenvalue weighted by Crippen LogP contribution is 2.36. The van der Waals surface area contributed by atoms with Crippen molar-refractivity contribution in [2.45, 2.75) is 6.92 Å². The van der Waals surface area contributed by atoms with E-state index in [0.717, 1.165) is 11.8 Å². The van der Waals surface area contributed by atoms with Crippen LogP contribution in [-0.4, -0.2) is 38.5 Å². The number of carboxylic acid groups (broad SMARTS) is 1. The largest absolute Gasteiger partial charge is 0.478 e. The summed E-state index contributed by atoms with van der Waals surface area (Å²) in [5, 5.41) is 20.9. The summed E-state index contributed by atoms with van der Waals surface area (Å²) < 4.78 is 5.77. The molecule has 0 atom stereocenters. The Morgan fingerprint density at radius 1 is 1.21 bits per heavy atom. The van der Waals surface area contributed by atoms with E-state index >= 15 is 0 Å². The van der Waals surface area contributed by atoms with Crippen LogP contribution in [0.25, 0.3) is 17.4 Å². The monoisotopic (exact) mass is 463 g/mol. The number of amides is 1. The molecule has 0 aliphatic carbocycles. The first-order valence-corrected chi connectivity index (χ1v) is 10.7. The maximum Gasteiger partial charge on any atom is 0.335 e. The summed E-state index contributed by atoms with van der Waals surface area (Å²) in [5.74, 6) is -0.646. The van der Waals surface area contributed by atoms with E-state index in [1.165, 1.54) is 23.1 Å². The molecule has 0 spiro atoms. The summed E-state index contributed by atoms with van der Waals surface area (Å²) in [6, 6.07) is 15.6. The molecule has 9 nitrogen and oxygen atoms in total. The standard InChI is InChI=1S/C23H17N3O6S/c1-2-25-21(27)20(33-23(25)24-15-7-5-6-14(12-15)22(28)29)13-16-10-11-19(32-16)17-8-3-4-9-18(17)26(30)31/h3-13H,2H2,1H3,(H,28,29). The number of hydrogen-bond donors (Lipinski definition) is 1. The second-order valence-electron chi connectivity index (χ2n) is 6.89. The zero-order chi connectivity index (χ0) is 23.5. The van der Waals surface area contributed by atoms with Gasteiger partial charge < -0.3 is 9.52 Å². The predicted molar refractivity (Wildman–Crippen MR) is 124 cm³/mol. The number of carboxylic acids is 1. The summed E-state index contributed by atoms with van der Waals surface area (Å²) in [7, 11) is 0. The number of amidine groups is 1. The maximum absolute atomic E-state index is 12.9. The Labute approximate surface area is 192 Å². The molecule has 2 aromatic carbocycles. The molecule has 1 saturated heterocycles. The number of nitro benzene ring substituents is 1. The van der Waals surface area contributed by atoms with Crippen LogP contribution in [0.2, 0.25) is 0 Å². The molecule has 1 aliphatic heterocycles. The van der Waals surface area contributed by atoms with E-state index in [1.807, 2.05) is 6.92 Å². The van der Waals surface area contributed by atoms with Gasteiger partial charge in [0.15, 0.2) is 5.17 Å². The minimum atomic E-state index is -1.06. The fourth-order valence-electron chi connectivity index (χ4n) is 3.23. The average molecular weight is 463 g/mol. The minimum absolute atomic E-state index is 0.0764. The second-order valence-corrected chi connectivity index (χ2v) is 7.90. The lowest BCUT2D eigenvalue weighted by Crippen LogP contribution is -2.28. The number of aliphatic imine (C=N–C) groups is 1. The lowest BCUT2D eigenvalue weighted by molar-refractivity contribution is -0.384. The lowest BCUT2D eigenvalue weighted by atomic mass is 10.1. The third kappa shape index (κ3) is 4.55.